The lowest BCUT2D eigenvalue weighted by atomic mass is 10.2. The van der Waals surface area contributed by atoms with Gasteiger partial charge in [0.25, 0.3) is 5.91 Å². The van der Waals surface area contributed by atoms with Crippen molar-refractivity contribution in [2.75, 3.05) is 0 Å². The Kier molecular flexibility index (Phi) is 5.35. The summed E-state index contributed by atoms with van der Waals surface area (Å²) in [6.07, 6.45) is 0.903. The predicted molar refractivity (Wildman–Crippen MR) is 66.1 cm³/mol. The number of carbonyl (C=O) groups is 2. The first-order valence-corrected chi connectivity index (χ1v) is 5.43. The molecule has 0 radical (unpaired) electrons. The average Bonchev–Trinajstić information content (AvgIpc) is 2.38. The standard InChI is InChI=1S/C11H8Cl2N2O3/c12-8(9(13)11(17)18)6-14-15-10(16)7-4-2-1-3-5-7/h1-6H,(H,15,16)(H,17,18)/p-1/b9-8+,14-6-. The van der Waals surface area contributed by atoms with Gasteiger partial charge in [-0.2, -0.15) is 5.10 Å². The van der Waals surface area contributed by atoms with E-state index in [9.17, 15) is 14.7 Å². The number of benzene rings is 1. The fourth-order valence-corrected chi connectivity index (χ4v) is 1.13. The van der Waals surface area contributed by atoms with E-state index in [1.165, 1.54) is 0 Å². The maximum Gasteiger partial charge on any atom is 0.271 e. The molecule has 0 saturated heterocycles. The molecule has 5 nitrogen and oxygen atoms in total. The predicted octanol–water partition coefficient (Wildman–Crippen LogP) is 0.841. The highest BCUT2D eigenvalue weighted by Gasteiger charge is 2.03. The normalized spacial score (nSPS) is 12.1. The molecule has 0 aromatic heterocycles. The van der Waals surface area contributed by atoms with Crippen LogP contribution in [0.4, 0.5) is 0 Å². The summed E-state index contributed by atoms with van der Waals surface area (Å²) in [5, 5.41) is 12.8. The van der Waals surface area contributed by atoms with Crippen LogP contribution >= 0.6 is 23.2 Å². The topological polar surface area (TPSA) is 81.6 Å². The molecular formula is C11H7Cl2N2O3-. The molecule has 0 spiro atoms. The molecule has 0 saturated carbocycles. The zero-order valence-electron chi connectivity index (χ0n) is 8.89. The van der Waals surface area contributed by atoms with Gasteiger partial charge < -0.3 is 9.90 Å². The Morgan fingerprint density at radius 3 is 2.39 bits per heavy atom. The van der Waals surface area contributed by atoms with Crippen LogP contribution < -0.4 is 10.5 Å². The quantitative estimate of drug-likeness (QED) is 0.506. The van der Waals surface area contributed by atoms with Crippen LogP contribution in [-0.4, -0.2) is 18.1 Å². The van der Waals surface area contributed by atoms with Gasteiger partial charge in [-0.3, -0.25) is 4.79 Å². The van der Waals surface area contributed by atoms with E-state index in [1.54, 1.807) is 30.3 Å². The van der Waals surface area contributed by atoms with E-state index in [4.69, 9.17) is 23.2 Å². The van der Waals surface area contributed by atoms with E-state index in [2.05, 4.69) is 10.5 Å². The third-order valence-electron chi connectivity index (χ3n) is 1.77. The summed E-state index contributed by atoms with van der Waals surface area (Å²) in [6, 6.07) is 8.34. The van der Waals surface area contributed by atoms with E-state index in [-0.39, 0.29) is 5.03 Å². The van der Waals surface area contributed by atoms with Gasteiger partial charge in [0, 0.05) is 5.56 Å². The van der Waals surface area contributed by atoms with Crippen molar-refractivity contribution in [1.29, 1.82) is 0 Å². The van der Waals surface area contributed by atoms with Gasteiger partial charge in [0.2, 0.25) is 0 Å². The number of halogens is 2. The number of aliphatic carboxylic acids is 1. The van der Waals surface area contributed by atoms with Gasteiger partial charge in [0.15, 0.2) is 0 Å². The van der Waals surface area contributed by atoms with Gasteiger partial charge in [-0.1, -0.05) is 41.4 Å². The molecule has 0 aliphatic carbocycles. The SMILES string of the molecule is O=C([O-])/C(Cl)=C(Cl)/C=N\NC(=O)c1ccccc1. The maximum atomic E-state index is 11.5. The maximum absolute atomic E-state index is 11.5. The minimum atomic E-state index is -1.62. The third-order valence-corrected chi connectivity index (χ3v) is 2.51. The Labute approximate surface area is 113 Å². The van der Waals surface area contributed by atoms with Gasteiger partial charge >= 0.3 is 0 Å². The number of hydrogen-bond donors (Lipinski definition) is 1. The minimum absolute atomic E-state index is 0.343. The van der Waals surface area contributed by atoms with Crippen LogP contribution in [-0.2, 0) is 4.79 Å². The van der Waals surface area contributed by atoms with E-state index >= 15 is 0 Å². The lowest BCUT2D eigenvalue weighted by molar-refractivity contribution is -0.298. The van der Waals surface area contributed by atoms with Crippen molar-refractivity contribution in [2.24, 2.45) is 5.10 Å². The lowest BCUT2D eigenvalue weighted by Crippen LogP contribution is -2.23. The van der Waals surface area contributed by atoms with Crippen molar-refractivity contribution < 1.29 is 14.7 Å². The number of nitrogens with zero attached hydrogens (tertiary/aromatic N) is 1. The molecule has 0 aliphatic heterocycles. The molecule has 0 aliphatic rings. The first-order chi connectivity index (χ1) is 8.52. The number of carbonyl (C=O) groups excluding carboxylic acids is 2. The molecule has 7 heteroatoms. The van der Waals surface area contributed by atoms with Gasteiger partial charge in [-0.15, -0.1) is 0 Å². The highest BCUT2D eigenvalue weighted by atomic mass is 35.5. The summed E-state index contributed by atoms with van der Waals surface area (Å²) in [7, 11) is 0. The third kappa shape index (κ3) is 4.20. The molecule has 0 fully saturated rings. The van der Waals surface area contributed by atoms with Crippen molar-refractivity contribution in [2.45, 2.75) is 0 Å². The Morgan fingerprint density at radius 1 is 1.22 bits per heavy atom. The molecule has 18 heavy (non-hydrogen) atoms. The molecule has 1 rings (SSSR count). The van der Waals surface area contributed by atoms with Gasteiger partial charge in [0.05, 0.1) is 22.2 Å². The van der Waals surface area contributed by atoms with Crippen LogP contribution in [0.15, 0.2) is 45.5 Å². The average molecular weight is 286 g/mol. The van der Waals surface area contributed by atoms with Crippen molar-refractivity contribution in [3.63, 3.8) is 0 Å². The number of nitrogens with one attached hydrogen (secondary N) is 1. The number of hydrazone groups is 1. The fraction of sp³-hybridized carbons (Fsp3) is 0. The van der Waals surface area contributed by atoms with Crippen LogP contribution in [0.2, 0.25) is 0 Å². The number of amides is 1. The summed E-state index contributed by atoms with van der Waals surface area (Å²) in [5.74, 6) is -2.08. The molecule has 1 aromatic carbocycles. The molecule has 1 amide bonds. The summed E-state index contributed by atoms with van der Waals surface area (Å²) < 4.78 is 0. The monoisotopic (exact) mass is 285 g/mol. The van der Waals surface area contributed by atoms with Crippen LogP contribution in [0.5, 0.6) is 0 Å². The van der Waals surface area contributed by atoms with Crippen LogP contribution in [0, 0.1) is 0 Å². The Balaban J connectivity index is 2.64. The zero-order chi connectivity index (χ0) is 13.5. The lowest BCUT2D eigenvalue weighted by Gasteiger charge is -2.00. The molecule has 0 heterocycles. The van der Waals surface area contributed by atoms with E-state index in [0.29, 0.717) is 5.56 Å². The van der Waals surface area contributed by atoms with Gasteiger partial charge in [-0.25, -0.2) is 5.43 Å². The first-order valence-electron chi connectivity index (χ1n) is 4.67. The molecule has 94 valence electrons. The second-order valence-corrected chi connectivity index (χ2v) is 3.80. The summed E-state index contributed by atoms with van der Waals surface area (Å²) in [5.41, 5.74) is 2.57. The molecular weight excluding hydrogens is 279 g/mol. The van der Waals surface area contributed by atoms with Crippen molar-refractivity contribution in [1.82, 2.24) is 5.43 Å². The van der Waals surface area contributed by atoms with Crippen molar-refractivity contribution in [3.8, 4) is 0 Å². The summed E-state index contributed by atoms with van der Waals surface area (Å²) in [6.45, 7) is 0. The number of carboxylic acid groups (broad SMARTS) is 1. The Morgan fingerprint density at radius 2 is 1.83 bits per heavy atom. The minimum Gasteiger partial charge on any atom is -0.544 e. The largest absolute Gasteiger partial charge is 0.544 e. The van der Waals surface area contributed by atoms with Crippen LogP contribution in [0.1, 0.15) is 10.4 Å². The second kappa shape index (κ2) is 6.78. The number of hydrogen-bond acceptors (Lipinski definition) is 4. The van der Waals surface area contributed by atoms with Crippen LogP contribution in [0.25, 0.3) is 0 Å². The van der Waals surface area contributed by atoms with Crippen molar-refractivity contribution >= 4 is 41.3 Å². The highest BCUT2D eigenvalue weighted by molar-refractivity contribution is 6.51. The number of carboxylic acids is 1. The molecule has 1 N–H and O–H groups in total. The van der Waals surface area contributed by atoms with E-state index < -0.39 is 16.9 Å². The highest BCUT2D eigenvalue weighted by Crippen LogP contribution is 2.10. The smallest absolute Gasteiger partial charge is 0.271 e. The van der Waals surface area contributed by atoms with Gasteiger partial charge in [0.1, 0.15) is 0 Å². The van der Waals surface area contributed by atoms with Crippen molar-refractivity contribution in [3.05, 3.63) is 46.0 Å². The molecule has 0 bridgehead atoms. The zero-order valence-corrected chi connectivity index (χ0v) is 10.4. The first kappa shape index (κ1) is 14.2. The summed E-state index contributed by atoms with van der Waals surface area (Å²) in [4.78, 5) is 21.8. The van der Waals surface area contributed by atoms with Crippen LogP contribution in [0.3, 0.4) is 0 Å². The van der Waals surface area contributed by atoms with Gasteiger partial charge in [-0.05, 0) is 12.1 Å². The Bertz CT molecular complexity index is 512. The second-order valence-electron chi connectivity index (χ2n) is 3.01. The number of allylic oxidation sites excluding steroid dienone is 1. The molecule has 0 atom stereocenters. The molecule has 0 unspecified atom stereocenters. The molecule has 1 aromatic rings. The number of rotatable bonds is 4. The van der Waals surface area contributed by atoms with E-state index in [0.717, 1.165) is 6.21 Å². The van der Waals surface area contributed by atoms with E-state index in [1.807, 2.05) is 0 Å². The fourth-order valence-electron chi connectivity index (χ4n) is 0.956. The summed E-state index contributed by atoms with van der Waals surface area (Å²) >= 11 is 10.8. The Hall–Kier alpha value is -1.85.